The first-order chi connectivity index (χ1) is 17.0. The number of nitrogens with two attached hydrogens (primary N) is 4. The van der Waals surface area contributed by atoms with Gasteiger partial charge in [-0.2, -0.15) is 0 Å². The summed E-state index contributed by atoms with van der Waals surface area (Å²) in [5, 5.41) is 0. The van der Waals surface area contributed by atoms with Crippen LogP contribution in [0.4, 0.5) is 0 Å². The zero-order valence-electron chi connectivity index (χ0n) is 22.8. The summed E-state index contributed by atoms with van der Waals surface area (Å²) in [5.41, 5.74) is 21.4. The SMILES string of the molecule is CCCCCCCCC(=O)N(CCCCCCCCN=C(N)N)CCCCCCCCN=C(N)N. The fourth-order valence-electron chi connectivity index (χ4n) is 4.24. The largest absolute Gasteiger partial charge is 0.370 e. The Balaban J connectivity index is 4.11. The third-order valence-corrected chi connectivity index (χ3v) is 6.36. The topological polar surface area (TPSA) is 149 Å². The number of nitrogens with zero attached hydrogens (tertiary/aromatic N) is 3. The fourth-order valence-corrected chi connectivity index (χ4v) is 4.24. The predicted octanol–water partition coefficient (Wildman–Crippen LogP) is 4.79. The number of unbranched alkanes of at least 4 members (excludes halogenated alkanes) is 15. The molecule has 0 aromatic rings. The molecule has 0 spiro atoms. The number of rotatable bonds is 25. The Morgan fingerprint density at radius 3 is 1.34 bits per heavy atom. The average Bonchev–Trinajstić information content (AvgIpc) is 2.82. The summed E-state index contributed by atoms with van der Waals surface area (Å²) in [7, 11) is 0. The molecule has 35 heavy (non-hydrogen) atoms. The lowest BCUT2D eigenvalue weighted by atomic mass is 10.1. The van der Waals surface area contributed by atoms with E-state index in [1.54, 1.807) is 0 Å². The van der Waals surface area contributed by atoms with E-state index in [0.717, 1.165) is 71.1 Å². The molecule has 8 heteroatoms. The zero-order valence-corrected chi connectivity index (χ0v) is 22.8. The van der Waals surface area contributed by atoms with Crippen LogP contribution in [0.25, 0.3) is 0 Å². The number of amides is 1. The van der Waals surface area contributed by atoms with Crippen molar-refractivity contribution < 1.29 is 4.79 Å². The molecule has 0 radical (unpaired) electrons. The van der Waals surface area contributed by atoms with Gasteiger partial charge in [0.2, 0.25) is 5.91 Å². The minimum Gasteiger partial charge on any atom is -0.370 e. The van der Waals surface area contributed by atoms with Crippen molar-refractivity contribution in [3.8, 4) is 0 Å². The van der Waals surface area contributed by atoms with Gasteiger partial charge in [0.25, 0.3) is 0 Å². The maximum Gasteiger partial charge on any atom is 0.222 e. The molecule has 0 heterocycles. The molecule has 0 fully saturated rings. The van der Waals surface area contributed by atoms with E-state index in [2.05, 4.69) is 21.8 Å². The Hall–Kier alpha value is -1.99. The third kappa shape index (κ3) is 24.9. The standard InChI is InChI=1S/C27H57N7O/c1-2-3-4-5-10-15-20-25(35)34(23-18-13-8-6-11-16-21-32-26(28)29)24-19-14-9-7-12-17-22-33-27(30)31/h2-24H2,1H3,(H4,28,29,32)(H4,30,31,33). The smallest absolute Gasteiger partial charge is 0.222 e. The summed E-state index contributed by atoms with van der Waals surface area (Å²) in [6, 6.07) is 0. The molecule has 0 aromatic heterocycles. The van der Waals surface area contributed by atoms with Crippen molar-refractivity contribution in [2.24, 2.45) is 32.9 Å². The maximum atomic E-state index is 12.9. The molecule has 1 amide bonds. The van der Waals surface area contributed by atoms with Crippen LogP contribution in [0.15, 0.2) is 9.98 Å². The van der Waals surface area contributed by atoms with Crippen LogP contribution >= 0.6 is 0 Å². The number of carbonyl (C=O) groups excluding carboxylic acids is 1. The molecular weight excluding hydrogens is 438 g/mol. The molecule has 8 nitrogen and oxygen atoms in total. The fraction of sp³-hybridized carbons (Fsp3) is 0.889. The maximum absolute atomic E-state index is 12.9. The molecule has 0 aliphatic carbocycles. The quantitative estimate of drug-likeness (QED) is 0.0815. The molecular formula is C27H57N7O. The number of carbonyl (C=O) groups is 1. The number of hydrogen-bond donors (Lipinski definition) is 4. The Kier molecular flexibility index (Phi) is 23.7. The van der Waals surface area contributed by atoms with Gasteiger partial charge in [-0.05, 0) is 32.1 Å². The van der Waals surface area contributed by atoms with Gasteiger partial charge in [0, 0.05) is 32.6 Å². The molecule has 0 atom stereocenters. The minimum atomic E-state index is 0.179. The van der Waals surface area contributed by atoms with Crippen LogP contribution in [0.2, 0.25) is 0 Å². The van der Waals surface area contributed by atoms with Crippen molar-refractivity contribution >= 4 is 17.8 Å². The summed E-state index contributed by atoms with van der Waals surface area (Å²) in [6.45, 7) is 5.49. The summed E-state index contributed by atoms with van der Waals surface area (Å²) >= 11 is 0. The van der Waals surface area contributed by atoms with Gasteiger partial charge in [0.1, 0.15) is 0 Å². The van der Waals surface area contributed by atoms with Crippen LogP contribution in [0.5, 0.6) is 0 Å². The minimum absolute atomic E-state index is 0.179. The van der Waals surface area contributed by atoms with Crippen molar-refractivity contribution in [2.45, 2.75) is 129 Å². The second kappa shape index (κ2) is 25.1. The number of guanidine groups is 2. The van der Waals surface area contributed by atoms with E-state index >= 15 is 0 Å². The monoisotopic (exact) mass is 495 g/mol. The van der Waals surface area contributed by atoms with Crippen LogP contribution in [0.1, 0.15) is 129 Å². The van der Waals surface area contributed by atoms with Crippen LogP contribution in [-0.2, 0) is 4.79 Å². The number of aliphatic imine (C=N–C) groups is 2. The lowest BCUT2D eigenvalue weighted by Gasteiger charge is -2.23. The second-order valence-electron chi connectivity index (χ2n) is 9.75. The van der Waals surface area contributed by atoms with Crippen molar-refractivity contribution in [3.63, 3.8) is 0 Å². The van der Waals surface area contributed by atoms with Crippen molar-refractivity contribution in [1.29, 1.82) is 0 Å². The summed E-state index contributed by atoms with van der Waals surface area (Å²) in [4.78, 5) is 23.1. The van der Waals surface area contributed by atoms with Gasteiger partial charge in [-0.1, -0.05) is 90.4 Å². The van der Waals surface area contributed by atoms with Gasteiger partial charge in [0.05, 0.1) is 0 Å². The van der Waals surface area contributed by atoms with Crippen LogP contribution in [0.3, 0.4) is 0 Å². The van der Waals surface area contributed by atoms with E-state index in [4.69, 9.17) is 22.9 Å². The first kappa shape index (κ1) is 33.0. The molecule has 0 bridgehead atoms. The van der Waals surface area contributed by atoms with E-state index in [0.29, 0.717) is 12.3 Å². The van der Waals surface area contributed by atoms with Crippen molar-refractivity contribution in [1.82, 2.24) is 4.90 Å². The highest BCUT2D eigenvalue weighted by Gasteiger charge is 2.12. The van der Waals surface area contributed by atoms with Crippen molar-refractivity contribution in [3.05, 3.63) is 0 Å². The number of hydrogen-bond acceptors (Lipinski definition) is 3. The second-order valence-corrected chi connectivity index (χ2v) is 9.75. The van der Waals surface area contributed by atoms with Gasteiger partial charge >= 0.3 is 0 Å². The molecule has 0 saturated carbocycles. The first-order valence-electron chi connectivity index (χ1n) is 14.4. The molecule has 0 unspecified atom stereocenters. The Morgan fingerprint density at radius 2 is 0.914 bits per heavy atom. The first-order valence-corrected chi connectivity index (χ1v) is 14.4. The van der Waals surface area contributed by atoms with Crippen LogP contribution < -0.4 is 22.9 Å². The highest BCUT2D eigenvalue weighted by Crippen LogP contribution is 2.13. The van der Waals surface area contributed by atoms with E-state index in [1.807, 2.05) is 0 Å². The molecule has 8 N–H and O–H groups in total. The normalized spacial score (nSPS) is 10.8. The third-order valence-electron chi connectivity index (χ3n) is 6.36. The zero-order chi connectivity index (χ0) is 26.0. The average molecular weight is 496 g/mol. The Morgan fingerprint density at radius 1 is 0.543 bits per heavy atom. The molecule has 0 saturated heterocycles. The molecule has 0 aliphatic rings. The Labute approximate surface area is 215 Å². The lowest BCUT2D eigenvalue weighted by Crippen LogP contribution is -2.32. The van der Waals surface area contributed by atoms with Crippen LogP contribution in [-0.4, -0.2) is 48.9 Å². The summed E-state index contributed by atoms with van der Waals surface area (Å²) in [6.07, 6.45) is 21.8. The molecule has 0 aliphatic heterocycles. The van der Waals surface area contributed by atoms with E-state index in [1.165, 1.54) is 70.6 Å². The van der Waals surface area contributed by atoms with E-state index in [-0.39, 0.29) is 11.9 Å². The molecule has 0 aromatic carbocycles. The van der Waals surface area contributed by atoms with Gasteiger partial charge in [-0.25, -0.2) is 0 Å². The van der Waals surface area contributed by atoms with Gasteiger partial charge in [-0.3, -0.25) is 14.8 Å². The predicted molar refractivity (Wildman–Crippen MR) is 151 cm³/mol. The van der Waals surface area contributed by atoms with Gasteiger partial charge in [0.15, 0.2) is 11.9 Å². The summed E-state index contributed by atoms with van der Waals surface area (Å²) in [5.74, 6) is 0.715. The highest BCUT2D eigenvalue weighted by atomic mass is 16.2. The van der Waals surface area contributed by atoms with E-state index in [9.17, 15) is 4.79 Å². The summed E-state index contributed by atoms with van der Waals surface area (Å²) < 4.78 is 0. The van der Waals surface area contributed by atoms with Crippen LogP contribution in [0, 0.1) is 0 Å². The molecule has 206 valence electrons. The molecule has 0 rings (SSSR count). The Bertz CT molecular complexity index is 510. The van der Waals surface area contributed by atoms with Gasteiger partial charge < -0.3 is 27.8 Å². The van der Waals surface area contributed by atoms with E-state index < -0.39 is 0 Å². The lowest BCUT2D eigenvalue weighted by molar-refractivity contribution is -0.131. The van der Waals surface area contributed by atoms with Gasteiger partial charge in [-0.15, -0.1) is 0 Å². The highest BCUT2D eigenvalue weighted by molar-refractivity contribution is 5.76. The van der Waals surface area contributed by atoms with Crippen molar-refractivity contribution in [2.75, 3.05) is 26.2 Å².